The largest absolute Gasteiger partial charge is 0.421 e. The lowest BCUT2D eigenvalue weighted by atomic mass is 10.1. The number of hydrogen-bond donors (Lipinski definition) is 0. The molecular formula is C18H18N4O2. The van der Waals surface area contributed by atoms with E-state index in [9.17, 15) is 4.79 Å². The minimum Gasteiger partial charge on any atom is -0.421 e. The molecule has 6 nitrogen and oxygen atoms in total. The highest BCUT2D eigenvalue weighted by atomic mass is 16.4. The number of anilines is 1. The first-order valence-electron chi connectivity index (χ1n) is 7.70. The van der Waals surface area contributed by atoms with Gasteiger partial charge in [-0.15, -0.1) is 10.2 Å². The summed E-state index contributed by atoms with van der Waals surface area (Å²) in [4.78, 5) is 18.8. The predicted molar refractivity (Wildman–Crippen MR) is 90.7 cm³/mol. The molecule has 0 saturated carbocycles. The molecule has 0 aliphatic heterocycles. The average molecular weight is 322 g/mol. The Morgan fingerprint density at radius 2 is 2.00 bits per heavy atom. The molecule has 122 valence electrons. The monoisotopic (exact) mass is 322 g/mol. The van der Waals surface area contributed by atoms with Crippen molar-refractivity contribution in [2.45, 2.75) is 26.8 Å². The molecule has 0 saturated heterocycles. The minimum absolute atomic E-state index is 0.00370. The highest BCUT2D eigenvalue weighted by Crippen LogP contribution is 2.23. The van der Waals surface area contributed by atoms with Gasteiger partial charge in [0.05, 0.1) is 11.9 Å². The molecule has 0 spiro atoms. The third-order valence-electron chi connectivity index (χ3n) is 3.54. The van der Waals surface area contributed by atoms with Crippen LogP contribution in [0.3, 0.4) is 0 Å². The molecule has 0 unspecified atom stereocenters. The molecule has 3 rings (SSSR count). The molecule has 0 aliphatic carbocycles. The zero-order valence-electron chi connectivity index (χ0n) is 13.8. The molecule has 0 fully saturated rings. The molecule has 24 heavy (non-hydrogen) atoms. The SMILES string of the molecule is Cc1nnc(-c2cccc(C(=O)N(c3cccnc3)C(C)C)c2)o1. The third-order valence-corrected chi connectivity index (χ3v) is 3.54. The van der Waals surface area contributed by atoms with Gasteiger partial charge in [-0.2, -0.15) is 0 Å². The average Bonchev–Trinajstić information content (AvgIpc) is 3.02. The number of amides is 1. The van der Waals surface area contributed by atoms with Crippen LogP contribution in [0.2, 0.25) is 0 Å². The summed E-state index contributed by atoms with van der Waals surface area (Å²) >= 11 is 0. The first-order chi connectivity index (χ1) is 11.6. The van der Waals surface area contributed by atoms with Crippen LogP contribution in [-0.4, -0.2) is 27.1 Å². The van der Waals surface area contributed by atoms with E-state index in [4.69, 9.17) is 4.42 Å². The number of benzene rings is 1. The molecule has 2 heterocycles. The van der Waals surface area contributed by atoms with Crippen molar-refractivity contribution in [2.24, 2.45) is 0 Å². The van der Waals surface area contributed by atoms with Crippen molar-refractivity contribution < 1.29 is 9.21 Å². The van der Waals surface area contributed by atoms with Crippen LogP contribution < -0.4 is 4.90 Å². The Morgan fingerprint density at radius 1 is 1.17 bits per heavy atom. The van der Waals surface area contributed by atoms with Crippen molar-refractivity contribution in [1.29, 1.82) is 0 Å². The van der Waals surface area contributed by atoms with Gasteiger partial charge in [-0.3, -0.25) is 9.78 Å². The maximum absolute atomic E-state index is 13.0. The zero-order valence-corrected chi connectivity index (χ0v) is 13.8. The van der Waals surface area contributed by atoms with Crippen LogP contribution in [0.5, 0.6) is 0 Å². The number of hydrogen-bond acceptors (Lipinski definition) is 5. The smallest absolute Gasteiger partial charge is 0.258 e. The summed E-state index contributed by atoms with van der Waals surface area (Å²) in [5.74, 6) is 0.789. The van der Waals surface area contributed by atoms with Gasteiger partial charge in [0.1, 0.15) is 0 Å². The van der Waals surface area contributed by atoms with Crippen molar-refractivity contribution in [3.8, 4) is 11.5 Å². The number of carbonyl (C=O) groups excluding carboxylic acids is 1. The number of rotatable bonds is 4. The Labute approximate surface area is 140 Å². The second kappa shape index (κ2) is 6.62. The fraction of sp³-hybridized carbons (Fsp3) is 0.222. The van der Waals surface area contributed by atoms with E-state index >= 15 is 0 Å². The molecular weight excluding hydrogens is 304 g/mol. The quantitative estimate of drug-likeness (QED) is 0.735. The molecule has 0 aliphatic rings. The van der Waals surface area contributed by atoms with Crippen LogP contribution in [0.25, 0.3) is 11.5 Å². The molecule has 0 radical (unpaired) electrons. The fourth-order valence-electron chi connectivity index (χ4n) is 2.48. The molecule has 0 atom stereocenters. The van der Waals surface area contributed by atoms with E-state index in [0.29, 0.717) is 17.3 Å². The van der Waals surface area contributed by atoms with Crippen molar-refractivity contribution >= 4 is 11.6 Å². The van der Waals surface area contributed by atoms with E-state index in [1.165, 1.54) is 0 Å². The van der Waals surface area contributed by atoms with Gasteiger partial charge >= 0.3 is 0 Å². The number of nitrogens with zero attached hydrogens (tertiary/aromatic N) is 4. The Bertz CT molecular complexity index is 843. The minimum atomic E-state index is -0.101. The van der Waals surface area contributed by atoms with Gasteiger partial charge in [0.2, 0.25) is 11.8 Å². The Morgan fingerprint density at radius 3 is 2.62 bits per heavy atom. The predicted octanol–water partition coefficient (Wildman–Crippen LogP) is 3.50. The normalized spacial score (nSPS) is 10.8. The van der Waals surface area contributed by atoms with E-state index in [0.717, 1.165) is 11.3 Å². The van der Waals surface area contributed by atoms with Crippen molar-refractivity contribution in [2.75, 3.05) is 4.90 Å². The first-order valence-corrected chi connectivity index (χ1v) is 7.70. The number of carbonyl (C=O) groups is 1. The molecule has 0 N–H and O–H groups in total. The van der Waals surface area contributed by atoms with Crippen LogP contribution in [0.1, 0.15) is 30.1 Å². The van der Waals surface area contributed by atoms with Crippen molar-refractivity contribution in [3.63, 3.8) is 0 Å². The molecule has 6 heteroatoms. The second-order valence-electron chi connectivity index (χ2n) is 5.69. The summed E-state index contributed by atoms with van der Waals surface area (Å²) in [6, 6.07) is 10.9. The highest BCUT2D eigenvalue weighted by Gasteiger charge is 2.21. The van der Waals surface area contributed by atoms with Crippen LogP contribution in [0.4, 0.5) is 5.69 Å². The van der Waals surface area contributed by atoms with Gasteiger partial charge in [0.15, 0.2) is 0 Å². The van der Waals surface area contributed by atoms with Gasteiger partial charge in [-0.25, -0.2) is 0 Å². The lowest BCUT2D eigenvalue weighted by Gasteiger charge is -2.26. The second-order valence-corrected chi connectivity index (χ2v) is 5.69. The summed E-state index contributed by atoms with van der Waals surface area (Å²) in [6.45, 7) is 5.67. The van der Waals surface area contributed by atoms with Gasteiger partial charge < -0.3 is 9.32 Å². The van der Waals surface area contributed by atoms with Crippen LogP contribution in [0.15, 0.2) is 53.2 Å². The van der Waals surface area contributed by atoms with E-state index in [2.05, 4.69) is 15.2 Å². The number of aryl methyl sites for hydroxylation is 1. The summed E-state index contributed by atoms with van der Waals surface area (Å²) in [5, 5.41) is 7.83. The maximum atomic E-state index is 13.0. The van der Waals surface area contributed by atoms with Crippen LogP contribution >= 0.6 is 0 Å². The summed E-state index contributed by atoms with van der Waals surface area (Å²) < 4.78 is 5.44. The van der Waals surface area contributed by atoms with E-state index in [-0.39, 0.29) is 11.9 Å². The zero-order chi connectivity index (χ0) is 17.1. The Hall–Kier alpha value is -3.02. The Balaban J connectivity index is 1.96. The highest BCUT2D eigenvalue weighted by molar-refractivity contribution is 6.06. The molecule has 0 bridgehead atoms. The molecule has 2 aromatic heterocycles. The van der Waals surface area contributed by atoms with E-state index < -0.39 is 0 Å². The van der Waals surface area contributed by atoms with E-state index in [1.54, 1.807) is 36.4 Å². The number of aromatic nitrogens is 3. The van der Waals surface area contributed by atoms with Gasteiger partial charge in [-0.05, 0) is 44.2 Å². The molecule has 1 amide bonds. The van der Waals surface area contributed by atoms with Gasteiger partial charge in [0.25, 0.3) is 5.91 Å². The lowest BCUT2D eigenvalue weighted by molar-refractivity contribution is 0.0980. The summed E-state index contributed by atoms with van der Waals surface area (Å²) in [7, 11) is 0. The maximum Gasteiger partial charge on any atom is 0.258 e. The van der Waals surface area contributed by atoms with Gasteiger partial charge in [0, 0.05) is 30.3 Å². The fourth-order valence-corrected chi connectivity index (χ4v) is 2.48. The Kier molecular flexibility index (Phi) is 4.37. The lowest BCUT2D eigenvalue weighted by Crippen LogP contribution is -2.37. The van der Waals surface area contributed by atoms with Crippen LogP contribution in [-0.2, 0) is 0 Å². The summed E-state index contributed by atoms with van der Waals surface area (Å²) in [5.41, 5.74) is 2.04. The standard InChI is InChI=1S/C18H18N4O2/c1-12(2)22(16-8-5-9-19-11-16)18(23)15-7-4-6-14(10-15)17-21-20-13(3)24-17/h4-12H,1-3H3. The van der Waals surface area contributed by atoms with Crippen molar-refractivity contribution in [3.05, 3.63) is 60.2 Å². The van der Waals surface area contributed by atoms with Crippen LogP contribution in [0, 0.1) is 6.92 Å². The summed E-state index contributed by atoms with van der Waals surface area (Å²) in [6.07, 6.45) is 3.37. The van der Waals surface area contributed by atoms with E-state index in [1.807, 2.05) is 38.1 Å². The third kappa shape index (κ3) is 3.17. The van der Waals surface area contributed by atoms with Gasteiger partial charge in [-0.1, -0.05) is 6.07 Å². The first kappa shape index (κ1) is 15.9. The molecule has 1 aromatic carbocycles. The van der Waals surface area contributed by atoms with Crippen molar-refractivity contribution in [1.82, 2.24) is 15.2 Å². The number of pyridine rings is 1. The topological polar surface area (TPSA) is 72.1 Å². The molecule has 3 aromatic rings.